The van der Waals surface area contributed by atoms with Crippen LogP contribution in [-0.2, 0) is 0 Å². The molecule has 0 unspecified atom stereocenters. The van der Waals surface area contributed by atoms with E-state index in [0.717, 1.165) is 26.8 Å². The van der Waals surface area contributed by atoms with Crippen molar-refractivity contribution in [1.29, 1.82) is 0 Å². The summed E-state index contributed by atoms with van der Waals surface area (Å²) in [5.74, 6) is 1.54. The van der Waals surface area contributed by atoms with Gasteiger partial charge in [-0.2, -0.15) is 9.61 Å². The molecule has 2 aromatic heterocycles. The third-order valence-electron chi connectivity index (χ3n) is 3.64. The second-order valence-corrected chi connectivity index (χ2v) is 6.70. The van der Waals surface area contributed by atoms with E-state index in [-0.39, 0.29) is 0 Å². The highest BCUT2D eigenvalue weighted by atomic mass is 35.5. The zero-order valence-electron chi connectivity index (χ0n) is 13.3. The normalized spacial score (nSPS) is 11.4. The molecule has 0 aliphatic heterocycles. The van der Waals surface area contributed by atoms with E-state index < -0.39 is 0 Å². The molecule has 2 aromatic carbocycles. The van der Waals surface area contributed by atoms with Crippen LogP contribution < -0.4 is 4.74 Å². The van der Waals surface area contributed by atoms with E-state index in [4.69, 9.17) is 16.3 Å². The van der Waals surface area contributed by atoms with Crippen molar-refractivity contribution in [3.63, 3.8) is 0 Å². The number of hydrogen-bond acceptors (Lipinski definition) is 5. The molecule has 0 amide bonds. The van der Waals surface area contributed by atoms with Crippen LogP contribution in [0.5, 0.6) is 5.75 Å². The van der Waals surface area contributed by atoms with Gasteiger partial charge in [-0.15, -0.1) is 10.2 Å². The monoisotopic (exact) mass is 368 g/mol. The highest BCUT2D eigenvalue weighted by molar-refractivity contribution is 7.17. The van der Waals surface area contributed by atoms with E-state index >= 15 is 0 Å². The summed E-state index contributed by atoms with van der Waals surface area (Å²) in [6, 6.07) is 15.3. The lowest BCUT2D eigenvalue weighted by Crippen LogP contribution is -1.90. The molecule has 0 fully saturated rings. The third-order valence-corrected chi connectivity index (χ3v) is 4.76. The van der Waals surface area contributed by atoms with Crippen LogP contribution in [0.2, 0.25) is 5.02 Å². The number of rotatable bonds is 4. The van der Waals surface area contributed by atoms with Gasteiger partial charge in [0.05, 0.1) is 7.11 Å². The maximum atomic E-state index is 5.94. The zero-order valence-corrected chi connectivity index (χ0v) is 14.8. The Morgan fingerprint density at radius 1 is 1.00 bits per heavy atom. The van der Waals surface area contributed by atoms with Gasteiger partial charge < -0.3 is 4.74 Å². The average Bonchev–Trinajstić information content (AvgIpc) is 3.21. The fourth-order valence-corrected chi connectivity index (χ4v) is 3.23. The number of nitrogens with zero attached hydrogens (tertiary/aromatic N) is 4. The topological polar surface area (TPSA) is 52.3 Å². The summed E-state index contributed by atoms with van der Waals surface area (Å²) in [5, 5.41) is 14.5. The Morgan fingerprint density at radius 2 is 1.76 bits per heavy atom. The number of ether oxygens (including phenoxy) is 1. The first-order valence-electron chi connectivity index (χ1n) is 7.53. The van der Waals surface area contributed by atoms with Gasteiger partial charge >= 0.3 is 0 Å². The van der Waals surface area contributed by atoms with Crippen molar-refractivity contribution < 1.29 is 4.74 Å². The van der Waals surface area contributed by atoms with Crippen LogP contribution in [0.3, 0.4) is 0 Å². The first-order valence-corrected chi connectivity index (χ1v) is 8.73. The second kappa shape index (κ2) is 6.66. The number of benzene rings is 2. The van der Waals surface area contributed by atoms with Crippen LogP contribution in [0.4, 0.5) is 0 Å². The lowest BCUT2D eigenvalue weighted by molar-refractivity contribution is 0.415. The van der Waals surface area contributed by atoms with Gasteiger partial charge in [0.2, 0.25) is 4.96 Å². The second-order valence-electron chi connectivity index (χ2n) is 5.27. The molecule has 0 N–H and O–H groups in total. The van der Waals surface area contributed by atoms with Crippen molar-refractivity contribution in [2.45, 2.75) is 0 Å². The molecule has 0 spiro atoms. The molecule has 124 valence electrons. The Balaban J connectivity index is 1.63. The quantitative estimate of drug-likeness (QED) is 0.524. The van der Waals surface area contributed by atoms with Crippen LogP contribution >= 0.6 is 22.9 Å². The molecule has 7 heteroatoms. The molecule has 0 bridgehead atoms. The van der Waals surface area contributed by atoms with Gasteiger partial charge in [0.15, 0.2) is 5.82 Å². The minimum Gasteiger partial charge on any atom is -0.497 e. The average molecular weight is 369 g/mol. The molecule has 4 rings (SSSR count). The number of aromatic nitrogens is 4. The Morgan fingerprint density at radius 3 is 2.48 bits per heavy atom. The summed E-state index contributed by atoms with van der Waals surface area (Å²) in [7, 11) is 1.66. The van der Waals surface area contributed by atoms with E-state index in [0.29, 0.717) is 10.8 Å². The van der Waals surface area contributed by atoms with Crippen LogP contribution in [0.1, 0.15) is 10.6 Å². The molecule has 2 heterocycles. The minimum absolute atomic E-state index is 0.686. The van der Waals surface area contributed by atoms with Crippen LogP contribution in [-0.4, -0.2) is 26.9 Å². The third kappa shape index (κ3) is 3.26. The van der Waals surface area contributed by atoms with E-state index in [1.165, 1.54) is 11.3 Å². The summed E-state index contributed by atoms with van der Waals surface area (Å²) in [6.07, 6.45) is 3.97. The van der Waals surface area contributed by atoms with Crippen LogP contribution in [0.25, 0.3) is 28.5 Å². The Labute approximate surface area is 153 Å². The zero-order chi connectivity index (χ0) is 17.2. The van der Waals surface area contributed by atoms with Gasteiger partial charge in [0, 0.05) is 10.6 Å². The smallest absolute Gasteiger partial charge is 0.235 e. The molecular weight excluding hydrogens is 356 g/mol. The van der Waals surface area contributed by atoms with Gasteiger partial charge in [-0.05, 0) is 48.0 Å². The van der Waals surface area contributed by atoms with Crippen LogP contribution in [0, 0.1) is 0 Å². The van der Waals surface area contributed by atoms with Gasteiger partial charge in [-0.3, -0.25) is 0 Å². The van der Waals surface area contributed by atoms with Crippen molar-refractivity contribution in [1.82, 2.24) is 19.8 Å². The summed E-state index contributed by atoms with van der Waals surface area (Å²) in [5.41, 5.74) is 2.00. The molecule has 25 heavy (non-hydrogen) atoms. The molecule has 0 radical (unpaired) electrons. The molecule has 0 saturated heterocycles. The fourth-order valence-electron chi connectivity index (χ4n) is 2.36. The van der Waals surface area contributed by atoms with Gasteiger partial charge in [-0.25, -0.2) is 0 Å². The Hall–Kier alpha value is -2.70. The fraction of sp³-hybridized carbons (Fsp3) is 0.0556. The number of fused-ring (bicyclic) bond motifs is 1. The number of halogens is 1. The first-order chi connectivity index (χ1) is 12.2. The largest absolute Gasteiger partial charge is 0.497 e. The van der Waals surface area contributed by atoms with Crippen molar-refractivity contribution in [2.24, 2.45) is 0 Å². The van der Waals surface area contributed by atoms with E-state index in [1.807, 2.05) is 60.7 Å². The Bertz CT molecular complexity index is 1040. The number of hydrogen-bond donors (Lipinski definition) is 0. The lowest BCUT2D eigenvalue weighted by atomic mass is 10.2. The minimum atomic E-state index is 0.686. The molecule has 0 saturated carbocycles. The number of methoxy groups -OCH3 is 1. The Kier molecular flexibility index (Phi) is 4.21. The van der Waals surface area contributed by atoms with Crippen LogP contribution in [0.15, 0.2) is 48.5 Å². The van der Waals surface area contributed by atoms with Gasteiger partial charge in [0.1, 0.15) is 10.8 Å². The predicted molar refractivity (Wildman–Crippen MR) is 101 cm³/mol. The predicted octanol–water partition coefficient (Wildman–Crippen LogP) is 4.69. The molecule has 4 aromatic rings. The van der Waals surface area contributed by atoms with E-state index in [2.05, 4.69) is 15.3 Å². The molecule has 0 aliphatic carbocycles. The maximum Gasteiger partial charge on any atom is 0.235 e. The highest BCUT2D eigenvalue weighted by Gasteiger charge is 2.12. The van der Waals surface area contributed by atoms with Crippen molar-refractivity contribution in [2.75, 3.05) is 7.11 Å². The molecular formula is C18H13ClN4OS. The van der Waals surface area contributed by atoms with E-state index in [1.54, 1.807) is 11.6 Å². The first kappa shape index (κ1) is 15.8. The molecule has 5 nitrogen and oxygen atoms in total. The van der Waals surface area contributed by atoms with E-state index in [9.17, 15) is 0 Å². The summed E-state index contributed by atoms with van der Waals surface area (Å²) in [4.78, 5) is 0.749. The summed E-state index contributed by atoms with van der Waals surface area (Å²) < 4.78 is 6.91. The van der Waals surface area contributed by atoms with Gasteiger partial charge in [-0.1, -0.05) is 41.1 Å². The standard InChI is InChI=1S/C18H13ClN4OS/c1-24-15-9-2-12(3-10-15)4-11-16-22-23-17(20-21-18(23)25-16)13-5-7-14(19)8-6-13/h2-11H,1H3. The van der Waals surface area contributed by atoms with Crippen molar-refractivity contribution >= 4 is 40.1 Å². The molecule has 0 aliphatic rings. The lowest BCUT2D eigenvalue weighted by Gasteiger charge is -1.98. The van der Waals surface area contributed by atoms with Crippen molar-refractivity contribution in [3.8, 4) is 17.1 Å². The molecule has 0 atom stereocenters. The summed E-state index contributed by atoms with van der Waals surface area (Å²) >= 11 is 7.42. The summed E-state index contributed by atoms with van der Waals surface area (Å²) in [6.45, 7) is 0. The maximum absolute atomic E-state index is 5.94. The highest BCUT2D eigenvalue weighted by Crippen LogP contribution is 2.24. The SMILES string of the molecule is COc1ccc(C=Cc2nn3c(-c4ccc(Cl)cc4)nnc3s2)cc1. The van der Waals surface area contributed by atoms with Crippen molar-refractivity contribution in [3.05, 3.63) is 64.1 Å². The van der Waals surface area contributed by atoms with Gasteiger partial charge in [0.25, 0.3) is 0 Å².